The van der Waals surface area contributed by atoms with Crippen LogP contribution in [0.1, 0.15) is 26.3 Å². The molecule has 3 rings (SSSR count). The quantitative estimate of drug-likeness (QED) is 0.324. The molecule has 1 N–H and O–H groups in total. The van der Waals surface area contributed by atoms with Gasteiger partial charge < -0.3 is 5.11 Å². The van der Waals surface area contributed by atoms with Crippen molar-refractivity contribution in [3.63, 3.8) is 0 Å². The van der Waals surface area contributed by atoms with Crippen molar-refractivity contribution in [3.8, 4) is 5.75 Å². The minimum atomic E-state index is -0.504. The van der Waals surface area contributed by atoms with Crippen LogP contribution in [0.25, 0.3) is 6.08 Å². The number of phenols is 1. The van der Waals surface area contributed by atoms with Crippen LogP contribution in [0.5, 0.6) is 5.75 Å². The average molecular weight is 328 g/mol. The second-order valence-electron chi connectivity index (χ2n) is 5.51. The summed E-state index contributed by atoms with van der Waals surface area (Å²) in [5, 5.41) is 9.99. The van der Waals surface area contributed by atoms with Gasteiger partial charge in [0.25, 0.3) is 0 Å². The summed E-state index contributed by atoms with van der Waals surface area (Å²) in [6.45, 7) is 0. The number of carbonyl (C=O) groups excluding carboxylic acids is 2. The van der Waals surface area contributed by atoms with E-state index in [1.807, 2.05) is 36.4 Å². The van der Waals surface area contributed by atoms with Gasteiger partial charge in [-0.1, -0.05) is 72.8 Å². The number of hydrogen-bond acceptors (Lipinski definition) is 3. The number of Topliss-reactive ketones (excluding diaryl/α,β-unsaturated/α-hetero) is 2. The first-order valence-electron chi connectivity index (χ1n) is 7.86. The third kappa shape index (κ3) is 3.72. The van der Waals surface area contributed by atoms with Crippen molar-refractivity contribution in [1.82, 2.24) is 0 Å². The Balaban J connectivity index is 2.10. The van der Waals surface area contributed by atoms with Crippen LogP contribution < -0.4 is 0 Å². The molecular weight excluding hydrogens is 312 g/mol. The fourth-order valence-electron chi connectivity index (χ4n) is 2.51. The Morgan fingerprint density at radius 3 is 1.88 bits per heavy atom. The monoisotopic (exact) mass is 328 g/mol. The molecule has 3 nitrogen and oxygen atoms in total. The molecule has 122 valence electrons. The van der Waals surface area contributed by atoms with E-state index in [0.717, 1.165) is 5.56 Å². The van der Waals surface area contributed by atoms with E-state index in [4.69, 9.17) is 0 Å². The van der Waals surface area contributed by atoms with Crippen molar-refractivity contribution >= 4 is 17.6 Å². The van der Waals surface area contributed by atoms with Crippen LogP contribution in [0.15, 0.2) is 90.5 Å². The molecule has 0 fully saturated rings. The molecule has 0 saturated carbocycles. The maximum Gasteiger partial charge on any atom is 0.200 e. The number of rotatable bonds is 5. The van der Waals surface area contributed by atoms with E-state index in [0.29, 0.717) is 5.56 Å². The van der Waals surface area contributed by atoms with Gasteiger partial charge in [-0.25, -0.2) is 0 Å². The van der Waals surface area contributed by atoms with Crippen LogP contribution in [-0.4, -0.2) is 16.7 Å². The third-order valence-electron chi connectivity index (χ3n) is 3.78. The first kappa shape index (κ1) is 16.4. The first-order valence-corrected chi connectivity index (χ1v) is 7.86. The van der Waals surface area contributed by atoms with E-state index in [-0.39, 0.29) is 22.7 Å². The molecule has 0 amide bonds. The topological polar surface area (TPSA) is 54.4 Å². The summed E-state index contributed by atoms with van der Waals surface area (Å²) in [4.78, 5) is 25.8. The molecule has 0 aliphatic heterocycles. The minimum absolute atomic E-state index is 0.0129. The Morgan fingerprint density at radius 2 is 1.24 bits per heavy atom. The van der Waals surface area contributed by atoms with Gasteiger partial charge in [0.1, 0.15) is 5.75 Å². The smallest absolute Gasteiger partial charge is 0.200 e. The Kier molecular flexibility index (Phi) is 4.86. The fraction of sp³-hybridized carbons (Fsp3) is 0. The fourth-order valence-corrected chi connectivity index (χ4v) is 2.51. The van der Waals surface area contributed by atoms with Gasteiger partial charge in [0.15, 0.2) is 5.78 Å². The van der Waals surface area contributed by atoms with Gasteiger partial charge in [0.05, 0.1) is 11.1 Å². The number of aromatic hydroxyl groups is 1. The zero-order chi connectivity index (χ0) is 17.6. The number of hydrogen-bond donors (Lipinski definition) is 1. The second kappa shape index (κ2) is 7.41. The molecule has 0 radical (unpaired) electrons. The maximum atomic E-state index is 12.9. The molecule has 0 bridgehead atoms. The average Bonchev–Trinajstić information content (AvgIpc) is 2.67. The lowest BCUT2D eigenvalue weighted by Gasteiger charge is -2.08. The van der Waals surface area contributed by atoms with Gasteiger partial charge >= 0.3 is 0 Å². The second-order valence-corrected chi connectivity index (χ2v) is 5.51. The van der Waals surface area contributed by atoms with Gasteiger partial charge in [-0.2, -0.15) is 0 Å². The van der Waals surface area contributed by atoms with Gasteiger partial charge in [-0.05, 0) is 23.8 Å². The van der Waals surface area contributed by atoms with Crippen LogP contribution in [0.2, 0.25) is 0 Å². The van der Waals surface area contributed by atoms with Crippen molar-refractivity contribution < 1.29 is 14.7 Å². The lowest BCUT2D eigenvalue weighted by Crippen LogP contribution is -2.14. The highest BCUT2D eigenvalue weighted by molar-refractivity contribution is 6.33. The van der Waals surface area contributed by atoms with E-state index in [1.165, 1.54) is 12.1 Å². The highest BCUT2D eigenvalue weighted by Crippen LogP contribution is 2.23. The highest BCUT2D eigenvalue weighted by Gasteiger charge is 2.23. The number of carbonyl (C=O) groups is 2. The number of benzene rings is 3. The SMILES string of the molecule is O=C(C(=Cc1ccccc1)C(=O)c1ccccc1O)c1ccccc1. The van der Waals surface area contributed by atoms with E-state index in [9.17, 15) is 14.7 Å². The summed E-state index contributed by atoms with van der Waals surface area (Å²) >= 11 is 0. The lowest BCUT2D eigenvalue weighted by molar-refractivity contribution is 0.0963. The van der Waals surface area contributed by atoms with Crippen molar-refractivity contribution in [2.24, 2.45) is 0 Å². The molecule has 3 aromatic rings. The summed E-state index contributed by atoms with van der Waals surface area (Å²) in [5.41, 5.74) is 1.28. The Bertz CT molecular complexity index is 926. The van der Waals surface area contributed by atoms with Gasteiger partial charge in [0, 0.05) is 5.56 Å². The molecule has 3 aromatic carbocycles. The third-order valence-corrected chi connectivity index (χ3v) is 3.78. The number of phenolic OH excluding ortho intramolecular Hbond substituents is 1. The molecule has 0 aliphatic rings. The zero-order valence-electron chi connectivity index (χ0n) is 13.4. The molecule has 0 heterocycles. The number of para-hydroxylation sites is 1. The van der Waals surface area contributed by atoms with Crippen molar-refractivity contribution in [1.29, 1.82) is 0 Å². The van der Waals surface area contributed by atoms with Crippen LogP contribution >= 0.6 is 0 Å². The molecule has 0 aliphatic carbocycles. The largest absolute Gasteiger partial charge is 0.507 e. The lowest BCUT2D eigenvalue weighted by atomic mass is 9.93. The molecule has 0 saturated heterocycles. The van der Waals surface area contributed by atoms with Crippen molar-refractivity contribution in [2.75, 3.05) is 0 Å². The summed E-state index contributed by atoms with van der Waals surface area (Å²) in [6, 6.07) is 24.0. The molecule has 25 heavy (non-hydrogen) atoms. The Morgan fingerprint density at radius 1 is 0.680 bits per heavy atom. The van der Waals surface area contributed by atoms with E-state index in [2.05, 4.69) is 0 Å². The summed E-state index contributed by atoms with van der Waals surface area (Å²) in [5.74, 6) is -1.03. The van der Waals surface area contributed by atoms with Crippen LogP contribution in [0, 0.1) is 0 Å². The maximum absolute atomic E-state index is 12.9. The molecule has 3 heteroatoms. The summed E-state index contributed by atoms with van der Waals surface area (Å²) in [6.07, 6.45) is 1.56. The normalized spacial score (nSPS) is 11.1. The van der Waals surface area contributed by atoms with Crippen molar-refractivity contribution in [2.45, 2.75) is 0 Å². The predicted molar refractivity (Wildman–Crippen MR) is 97.6 cm³/mol. The van der Waals surface area contributed by atoms with Crippen LogP contribution in [-0.2, 0) is 0 Å². The minimum Gasteiger partial charge on any atom is -0.507 e. The van der Waals surface area contributed by atoms with Crippen molar-refractivity contribution in [3.05, 3.63) is 107 Å². The van der Waals surface area contributed by atoms with E-state index in [1.54, 1.807) is 42.5 Å². The van der Waals surface area contributed by atoms with Gasteiger partial charge in [-0.15, -0.1) is 0 Å². The highest BCUT2D eigenvalue weighted by atomic mass is 16.3. The predicted octanol–water partition coefficient (Wildman–Crippen LogP) is 4.54. The molecule has 0 atom stereocenters. The van der Waals surface area contributed by atoms with Gasteiger partial charge in [-0.3, -0.25) is 9.59 Å². The van der Waals surface area contributed by atoms with Crippen LogP contribution in [0.4, 0.5) is 0 Å². The Labute approximate surface area is 145 Å². The van der Waals surface area contributed by atoms with Crippen LogP contribution in [0.3, 0.4) is 0 Å². The first-order chi connectivity index (χ1) is 12.2. The molecule has 0 unspecified atom stereocenters. The standard InChI is InChI=1S/C22H16O3/c23-20-14-8-7-13-18(20)22(25)19(15-16-9-3-1-4-10-16)21(24)17-11-5-2-6-12-17/h1-15,23H. The molecular formula is C22H16O3. The van der Waals surface area contributed by atoms with E-state index < -0.39 is 5.78 Å². The molecule has 0 aromatic heterocycles. The molecule has 0 spiro atoms. The Hall–Kier alpha value is -3.46. The zero-order valence-corrected chi connectivity index (χ0v) is 13.4. The summed E-state index contributed by atoms with van der Waals surface area (Å²) in [7, 11) is 0. The number of allylic oxidation sites excluding steroid dienone is 1. The van der Waals surface area contributed by atoms with E-state index >= 15 is 0 Å². The number of ketones is 2. The summed E-state index contributed by atoms with van der Waals surface area (Å²) < 4.78 is 0. The van der Waals surface area contributed by atoms with Gasteiger partial charge in [0.2, 0.25) is 5.78 Å².